The van der Waals surface area contributed by atoms with E-state index in [0.29, 0.717) is 29.2 Å². The second-order valence-corrected chi connectivity index (χ2v) is 10.2. The van der Waals surface area contributed by atoms with Crippen LogP contribution >= 0.6 is 0 Å². The van der Waals surface area contributed by atoms with Gasteiger partial charge >= 0.3 is 0 Å². The first kappa shape index (κ1) is 23.7. The van der Waals surface area contributed by atoms with Crippen molar-refractivity contribution in [3.8, 4) is 5.69 Å². The molecule has 8 nitrogen and oxygen atoms in total. The molecule has 34 heavy (non-hydrogen) atoms. The Morgan fingerprint density at radius 2 is 1.85 bits per heavy atom. The first-order chi connectivity index (χ1) is 16.2. The van der Waals surface area contributed by atoms with Crippen LogP contribution in [0.1, 0.15) is 47.3 Å². The van der Waals surface area contributed by atoms with E-state index < -0.39 is 10.0 Å². The fourth-order valence-electron chi connectivity index (χ4n) is 4.02. The molecule has 2 aromatic carbocycles. The number of anilines is 1. The highest BCUT2D eigenvalue weighted by molar-refractivity contribution is 7.90. The number of rotatable bonds is 5. The molecule has 0 bridgehead atoms. The summed E-state index contributed by atoms with van der Waals surface area (Å²) < 4.78 is 31.8. The van der Waals surface area contributed by atoms with Gasteiger partial charge in [0, 0.05) is 25.7 Å². The Kier molecular flexibility index (Phi) is 6.83. The summed E-state index contributed by atoms with van der Waals surface area (Å²) in [6, 6.07) is 14.0. The standard InChI is InChI=1S/C25H29N5O3S/c1-18-9-7-11-21(15-18)30-19(2)23(17-26-30)25(31)27-20-10-8-12-22(16-20)34(32,33)28-24-13-5-4-6-14-29(24)3/h7-12,15-17H,4-6,13-14H2,1-3H3,(H,27,31)/b28-24+. The summed E-state index contributed by atoms with van der Waals surface area (Å²) in [6.45, 7) is 4.61. The first-order valence-corrected chi connectivity index (χ1v) is 12.8. The van der Waals surface area contributed by atoms with Crippen LogP contribution in [-0.4, -0.2) is 48.4 Å². The third-order valence-corrected chi connectivity index (χ3v) is 7.25. The quantitative estimate of drug-likeness (QED) is 0.587. The maximum atomic E-state index is 13.0. The van der Waals surface area contributed by atoms with Crippen LogP contribution < -0.4 is 5.32 Å². The predicted octanol–water partition coefficient (Wildman–Crippen LogP) is 4.33. The number of aryl methyl sites for hydroxylation is 1. The Labute approximate surface area is 200 Å². The molecule has 1 aliphatic rings. The number of hydrogen-bond acceptors (Lipinski definition) is 4. The van der Waals surface area contributed by atoms with Crippen molar-refractivity contribution in [2.45, 2.75) is 44.4 Å². The van der Waals surface area contributed by atoms with Crippen molar-refractivity contribution in [3.63, 3.8) is 0 Å². The van der Waals surface area contributed by atoms with Crippen LogP contribution in [0, 0.1) is 13.8 Å². The number of sulfonamides is 1. The van der Waals surface area contributed by atoms with Crippen LogP contribution in [0.2, 0.25) is 0 Å². The summed E-state index contributed by atoms with van der Waals surface area (Å²) in [4.78, 5) is 14.9. The van der Waals surface area contributed by atoms with E-state index in [1.807, 2.05) is 50.1 Å². The molecule has 1 aliphatic heterocycles. The summed E-state index contributed by atoms with van der Waals surface area (Å²) in [5, 5.41) is 7.16. The second kappa shape index (κ2) is 9.80. The van der Waals surface area contributed by atoms with Gasteiger partial charge in [0.2, 0.25) is 0 Å². The zero-order valence-corrected chi connectivity index (χ0v) is 20.5. The van der Waals surface area contributed by atoms with Gasteiger partial charge < -0.3 is 10.2 Å². The monoisotopic (exact) mass is 479 g/mol. The molecule has 1 saturated heterocycles. The maximum absolute atomic E-state index is 13.0. The highest BCUT2D eigenvalue weighted by Gasteiger charge is 2.20. The van der Waals surface area contributed by atoms with Crippen molar-refractivity contribution in [3.05, 3.63) is 71.5 Å². The van der Waals surface area contributed by atoms with Gasteiger partial charge in [-0.3, -0.25) is 4.79 Å². The van der Waals surface area contributed by atoms with E-state index in [1.165, 1.54) is 18.3 Å². The molecule has 1 N–H and O–H groups in total. The fraction of sp³-hybridized carbons (Fsp3) is 0.320. The minimum Gasteiger partial charge on any atom is -0.362 e. The number of hydrogen-bond donors (Lipinski definition) is 1. The average molecular weight is 480 g/mol. The third kappa shape index (κ3) is 5.20. The number of nitrogens with one attached hydrogen (secondary N) is 1. The van der Waals surface area contributed by atoms with Crippen LogP contribution in [-0.2, 0) is 10.0 Å². The van der Waals surface area contributed by atoms with Crippen molar-refractivity contribution in [2.75, 3.05) is 18.9 Å². The van der Waals surface area contributed by atoms with Gasteiger partial charge in [0.15, 0.2) is 0 Å². The highest BCUT2D eigenvalue weighted by atomic mass is 32.2. The Morgan fingerprint density at radius 3 is 2.65 bits per heavy atom. The summed E-state index contributed by atoms with van der Waals surface area (Å²) in [5.74, 6) is 0.215. The summed E-state index contributed by atoms with van der Waals surface area (Å²) in [7, 11) is -2.03. The van der Waals surface area contributed by atoms with Gasteiger partial charge in [0.1, 0.15) is 5.84 Å². The lowest BCUT2D eigenvalue weighted by atomic mass is 10.2. The molecule has 178 valence electrons. The fourth-order valence-corrected chi connectivity index (χ4v) is 5.16. The molecule has 1 amide bonds. The van der Waals surface area contributed by atoms with Gasteiger partial charge in [-0.1, -0.05) is 24.6 Å². The summed E-state index contributed by atoms with van der Waals surface area (Å²) in [5.41, 5.74) is 3.44. The van der Waals surface area contributed by atoms with Gasteiger partial charge in [-0.15, -0.1) is 4.40 Å². The lowest BCUT2D eigenvalue weighted by molar-refractivity contribution is 0.102. The average Bonchev–Trinajstić information content (AvgIpc) is 3.08. The largest absolute Gasteiger partial charge is 0.362 e. The molecule has 0 saturated carbocycles. The van der Waals surface area contributed by atoms with Gasteiger partial charge in [-0.2, -0.15) is 13.5 Å². The molecule has 2 heterocycles. The highest BCUT2D eigenvalue weighted by Crippen LogP contribution is 2.22. The van der Waals surface area contributed by atoms with Crippen LogP contribution in [0.5, 0.6) is 0 Å². The Balaban J connectivity index is 1.55. The number of amides is 1. The normalized spacial score (nSPS) is 15.9. The Bertz CT molecular complexity index is 1340. The van der Waals surface area contributed by atoms with Crippen LogP contribution in [0.3, 0.4) is 0 Å². The van der Waals surface area contributed by atoms with E-state index in [-0.39, 0.29) is 10.8 Å². The molecule has 0 atom stereocenters. The Hall–Kier alpha value is -3.46. The Morgan fingerprint density at radius 1 is 1.06 bits per heavy atom. The van der Waals surface area contributed by atoms with Crippen LogP contribution in [0.15, 0.2) is 64.0 Å². The number of aromatic nitrogens is 2. The number of nitrogens with zero attached hydrogens (tertiary/aromatic N) is 4. The molecule has 4 rings (SSSR count). The molecule has 0 radical (unpaired) electrons. The predicted molar refractivity (Wildman–Crippen MR) is 133 cm³/mol. The number of likely N-dealkylation sites (tertiary alicyclic amines) is 1. The molecule has 0 aliphatic carbocycles. The van der Waals surface area contributed by atoms with E-state index in [9.17, 15) is 13.2 Å². The molecule has 1 fully saturated rings. The lowest BCUT2D eigenvalue weighted by Gasteiger charge is -2.17. The van der Waals surface area contributed by atoms with Gasteiger partial charge in [-0.25, -0.2) is 4.68 Å². The summed E-state index contributed by atoms with van der Waals surface area (Å²) in [6.07, 6.45) is 5.16. The number of carbonyl (C=O) groups excluding carboxylic acids is 1. The minimum absolute atomic E-state index is 0.0441. The summed E-state index contributed by atoms with van der Waals surface area (Å²) >= 11 is 0. The molecular formula is C25H29N5O3S. The molecular weight excluding hydrogens is 450 g/mol. The number of benzene rings is 2. The van der Waals surface area contributed by atoms with Crippen LogP contribution in [0.25, 0.3) is 5.69 Å². The number of amidine groups is 1. The SMILES string of the molecule is Cc1cccc(-n2ncc(C(=O)Nc3cccc(S(=O)(=O)/N=C4\CCCCCN4C)c3)c2C)c1. The van der Waals surface area contributed by atoms with Crippen molar-refractivity contribution in [1.29, 1.82) is 0 Å². The van der Waals surface area contributed by atoms with Crippen molar-refractivity contribution >= 4 is 27.5 Å². The van der Waals surface area contributed by atoms with E-state index in [0.717, 1.165) is 37.1 Å². The molecule has 1 aromatic heterocycles. The topological polar surface area (TPSA) is 96.7 Å². The zero-order valence-electron chi connectivity index (χ0n) is 19.7. The van der Waals surface area contributed by atoms with Crippen molar-refractivity contribution in [2.24, 2.45) is 4.40 Å². The van der Waals surface area contributed by atoms with E-state index >= 15 is 0 Å². The van der Waals surface area contributed by atoms with Gasteiger partial charge in [-0.05, 0) is 62.6 Å². The van der Waals surface area contributed by atoms with Gasteiger partial charge in [0.05, 0.1) is 28.0 Å². The zero-order chi connectivity index (χ0) is 24.3. The molecule has 0 spiro atoms. The van der Waals surface area contributed by atoms with Crippen LogP contribution in [0.4, 0.5) is 5.69 Å². The number of carbonyl (C=O) groups is 1. The smallest absolute Gasteiger partial charge is 0.284 e. The van der Waals surface area contributed by atoms with E-state index in [4.69, 9.17) is 0 Å². The molecule has 0 unspecified atom stereocenters. The molecule has 3 aromatic rings. The molecule has 9 heteroatoms. The van der Waals surface area contributed by atoms with Crippen molar-refractivity contribution < 1.29 is 13.2 Å². The van der Waals surface area contributed by atoms with E-state index in [1.54, 1.807) is 16.8 Å². The second-order valence-electron chi connectivity index (χ2n) is 8.59. The van der Waals surface area contributed by atoms with E-state index in [2.05, 4.69) is 14.8 Å². The lowest BCUT2D eigenvalue weighted by Crippen LogP contribution is -2.26. The first-order valence-electron chi connectivity index (χ1n) is 11.3. The van der Waals surface area contributed by atoms with Crippen molar-refractivity contribution in [1.82, 2.24) is 14.7 Å². The third-order valence-electron chi connectivity index (χ3n) is 5.95. The van der Waals surface area contributed by atoms with Gasteiger partial charge in [0.25, 0.3) is 15.9 Å². The maximum Gasteiger partial charge on any atom is 0.284 e. The minimum atomic E-state index is -3.90.